The van der Waals surface area contributed by atoms with Gasteiger partial charge in [-0.15, -0.1) is 6.58 Å². The summed E-state index contributed by atoms with van der Waals surface area (Å²) in [5.41, 5.74) is 8.09. The van der Waals surface area contributed by atoms with E-state index in [2.05, 4.69) is 81.3 Å². The minimum Gasteiger partial charge on any atom is -0.491 e. The largest absolute Gasteiger partial charge is 0.491 e. The van der Waals surface area contributed by atoms with Gasteiger partial charge in [-0.2, -0.15) is 5.26 Å². The van der Waals surface area contributed by atoms with Gasteiger partial charge in [0, 0.05) is 25.9 Å². The fraction of sp³-hybridized carbons (Fsp3) is 0.553. The quantitative estimate of drug-likeness (QED) is 0.290. The molecular weight excluding hydrogens is 500 g/mol. The van der Waals surface area contributed by atoms with Crippen LogP contribution >= 0.6 is 0 Å². The van der Waals surface area contributed by atoms with E-state index in [-0.39, 0.29) is 0 Å². The van der Waals surface area contributed by atoms with Crippen molar-refractivity contribution in [1.82, 2.24) is 0 Å². The van der Waals surface area contributed by atoms with E-state index in [1.807, 2.05) is 0 Å². The van der Waals surface area contributed by atoms with Gasteiger partial charge in [-0.25, -0.2) is 0 Å². The number of hydrogen-bond acceptors (Lipinski definition) is 3. The van der Waals surface area contributed by atoms with Crippen LogP contribution in [0.3, 0.4) is 0 Å². The normalized spacial score (nSPS) is 25.2. The van der Waals surface area contributed by atoms with E-state index < -0.39 is 0 Å². The Morgan fingerprint density at radius 3 is 2.61 bits per heavy atom. The van der Waals surface area contributed by atoms with Crippen LogP contribution in [0.1, 0.15) is 100 Å². The minimum absolute atomic E-state index is 0.376. The van der Waals surface area contributed by atoms with Gasteiger partial charge in [-0.05, 0) is 104 Å². The summed E-state index contributed by atoms with van der Waals surface area (Å²) in [6, 6.07) is 15.6. The number of nitrogens with zero attached hydrogens (tertiary/aromatic N) is 2. The molecule has 0 saturated heterocycles. The molecule has 41 heavy (non-hydrogen) atoms. The van der Waals surface area contributed by atoms with E-state index in [9.17, 15) is 0 Å². The third-order valence-electron chi connectivity index (χ3n) is 9.90. The van der Waals surface area contributed by atoms with Crippen molar-refractivity contribution in [1.29, 1.82) is 5.26 Å². The molecule has 1 heterocycles. The molecule has 220 valence electrons. The molecule has 5 unspecified atom stereocenters. The number of rotatable bonds is 9. The van der Waals surface area contributed by atoms with Gasteiger partial charge in [-0.1, -0.05) is 75.6 Å². The fourth-order valence-corrected chi connectivity index (χ4v) is 7.49. The average molecular weight is 553 g/mol. The first-order valence-electron chi connectivity index (χ1n) is 16.1. The highest BCUT2D eigenvalue weighted by atomic mass is 16.5. The predicted molar refractivity (Wildman–Crippen MR) is 175 cm³/mol. The van der Waals surface area contributed by atoms with Crippen LogP contribution in [0, 0.1) is 41.9 Å². The predicted octanol–water partition coefficient (Wildman–Crippen LogP) is 9.90. The Bertz CT molecular complexity index is 1220. The highest BCUT2D eigenvalue weighted by Crippen LogP contribution is 2.48. The maximum Gasteiger partial charge on any atom is 0.142 e. The van der Waals surface area contributed by atoms with Crippen molar-refractivity contribution < 1.29 is 4.74 Å². The van der Waals surface area contributed by atoms with E-state index in [0.717, 1.165) is 62.0 Å². The molecule has 0 N–H and O–H groups in total. The summed E-state index contributed by atoms with van der Waals surface area (Å²) in [6.07, 6.45) is 13.8. The summed E-state index contributed by atoms with van der Waals surface area (Å²) in [5.74, 6) is 4.68. The maximum atomic E-state index is 7.32. The van der Waals surface area contributed by atoms with Crippen LogP contribution in [0.2, 0.25) is 0 Å². The van der Waals surface area contributed by atoms with Crippen molar-refractivity contribution in [3.05, 3.63) is 77.9 Å². The molecule has 0 bridgehead atoms. The zero-order valence-electron chi connectivity index (χ0n) is 26.1. The molecule has 5 atom stereocenters. The van der Waals surface area contributed by atoms with E-state index in [1.165, 1.54) is 85.4 Å². The second-order valence-corrected chi connectivity index (χ2v) is 12.7. The maximum absolute atomic E-state index is 7.32. The number of nitriles is 1. The van der Waals surface area contributed by atoms with Gasteiger partial charge < -0.3 is 9.64 Å². The summed E-state index contributed by atoms with van der Waals surface area (Å²) in [6.45, 7) is 19.5. The Morgan fingerprint density at radius 1 is 1.12 bits per heavy atom. The highest BCUT2D eigenvalue weighted by Gasteiger charge is 2.40. The van der Waals surface area contributed by atoms with E-state index in [0.29, 0.717) is 5.92 Å². The molecule has 0 aromatic heterocycles. The Balaban J connectivity index is 0.00000124. The number of allylic oxidation sites excluding steroid dienone is 2. The van der Waals surface area contributed by atoms with Crippen molar-refractivity contribution >= 4 is 11.3 Å². The van der Waals surface area contributed by atoms with Crippen LogP contribution in [-0.2, 0) is 6.42 Å². The van der Waals surface area contributed by atoms with Gasteiger partial charge >= 0.3 is 0 Å². The molecule has 0 radical (unpaired) electrons. The summed E-state index contributed by atoms with van der Waals surface area (Å²) >= 11 is 0. The van der Waals surface area contributed by atoms with Gasteiger partial charge in [0.05, 0.1) is 18.4 Å². The van der Waals surface area contributed by atoms with Crippen LogP contribution in [0.15, 0.2) is 55.6 Å². The number of anilines is 1. The SMILES string of the molecule is C=CC1CCCC(C2CCC2CN2CC(c3ccc(C)cc3CCC)COc3ccc(C(=C)CC)cc32)C1.CC#N. The van der Waals surface area contributed by atoms with Crippen LogP contribution < -0.4 is 9.64 Å². The van der Waals surface area contributed by atoms with Gasteiger partial charge in [0.15, 0.2) is 0 Å². The number of aryl methyl sites for hydroxylation is 2. The Labute approximate surface area is 250 Å². The van der Waals surface area contributed by atoms with E-state index >= 15 is 0 Å². The molecule has 2 aliphatic carbocycles. The molecule has 2 aromatic rings. The molecule has 2 fully saturated rings. The lowest BCUT2D eigenvalue weighted by Crippen LogP contribution is -2.43. The molecular formula is C38H52N2O. The van der Waals surface area contributed by atoms with Crippen molar-refractivity contribution in [2.45, 2.75) is 91.4 Å². The van der Waals surface area contributed by atoms with Gasteiger partial charge in [0.2, 0.25) is 0 Å². The van der Waals surface area contributed by atoms with Crippen molar-refractivity contribution in [2.75, 3.05) is 24.6 Å². The molecule has 2 saturated carbocycles. The average Bonchev–Trinajstić information content (AvgIpc) is 3.14. The Morgan fingerprint density at radius 2 is 1.93 bits per heavy atom. The lowest BCUT2D eigenvalue weighted by Gasteiger charge is -2.47. The molecule has 0 spiro atoms. The Kier molecular flexibility index (Phi) is 11.1. The summed E-state index contributed by atoms with van der Waals surface area (Å²) in [7, 11) is 0. The van der Waals surface area contributed by atoms with Gasteiger partial charge in [0.1, 0.15) is 5.75 Å². The number of hydrogen-bond donors (Lipinski definition) is 0. The zero-order chi connectivity index (χ0) is 29.4. The standard InChI is InChI=1S/C36H49NO.C2H3N/c1-6-10-29-19-25(4)13-16-34(29)32-23-37(35-21-28(26(5)7-2)15-18-36(35)38-24-32)22-31-14-17-33(31)30-12-9-11-27(8-3)20-30;1-2-3/h8,13,15-16,18-19,21,27,30-33H,3,5-7,9-12,14,17,20,22-24H2,1-2,4H3;1H3. The van der Waals surface area contributed by atoms with Crippen LogP contribution in [-0.4, -0.2) is 19.7 Å². The first kappa shape index (κ1) is 31.0. The number of benzene rings is 2. The minimum atomic E-state index is 0.376. The van der Waals surface area contributed by atoms with Crippen LogP contribution in [0.5, 0.6) is 5.75 Å². The lowest BCUT2D eigenvalue weighted by atomic mass is 9.62. The van der Waals surface area contributed by atoms with E-state index in [4.69, 9.17) is 10.00 Å². The summed E-state index contributed by atoms with van der Waals surface area (Å²) < 4.78 is 6.60. The third-order valence-corrected chi connectivity index (χ3v) is 9.90. The molecule has 3 aliphatic rings. The Hall–Kier alpha value is -2.99. The second-order valence-electron chi connectivity index (χ2n) is 12.7. The highest BCUT2D eigenvalue weighted by molar-refractivity contribution is 5.71. The van der Waals surface area contributed by atoms with E-state index in [1.54, 1.807) is 6.07 Å². The molecule has 2 aromatic carbocycles. The monoisotopic (exact) mass is 552 g/mol. The molecule has 0 amide bonds. The molecule has 3 nitrogen and oxygen atoms in total. The summed E-state index contributed by atoms with van der Waals surface area (Å²) in [4.78, 5) is 2.71. The molecule has 1 aliphatic heterocycles. The fourth-order valence-electron chi connectivity index (χ4n) is 7.49. The smallest absolute Gasteiger partial charge is 0.142 e. The lowest BCUT2D eigenvalue weighted by molar-refractivity contribution is 0.0736. The van der Waals surface area contributed by atoms with Crippen molar-refractivity contribution in [2.24, 2.45) is 23.7 Å². The number of fused-ring (bicyclic) bond motifs is 1. The third kappa shape index (κ3) is 7.45. The number of ether oxygens (including phenoxy) is 1. The van der Waals surface area contributed by atoms with Crippen LogP contribution in [0.25, 0.3) is 5.57 Å². The second kappa shape index (κ2) is 14.8. The molecule has 5 rings (SSSR count). The van der Waals surface area contributed by atoms with Crippen molar-refractivity contribution in [3.63, 3.8) is 0 Å². The zero-order valence-corrected chi connectivity index (χ0v) is 26.1. The first-order valence-corrected chi connectivity index (χ1v) is 16.1. The topological polar surface area (TPSA) is 36.3 Å². The van der Waals surface area contributed by atoms with Crippen LogP contribution in [0.4, 0.5) is 5.69 Å². The molecule has 3 heteroatoms. The summed E-state index contributed by atoms with van der Waals surface area (Å²) in [5, 5.41) is 7.32. The first-order chi connectivity index (χ1) is 19.9. The van der Waals surface area contributed by atoms with Crippen molar-refractivity contribution in [3.8, 4) is 11.8 Å². The van der Waals surface area contributed by atoms with Gasteiger partial charge in [-0.3, -0.25) is 0 Å². The van der Waals surface area contributed by atoms with Gasteiger partial charge in [0.25, 0.3) is 0 Å².